The minimum atomic E-state index is -1.27. The molecule has 6 heteroatoms. The van der Waals surface area contributed by atoms with Gasteiger partial charge in [0.05, 0.1) is 30.4 Å². The Labute approximate surface area is 103 Å². The molecule has 0 aromatic heterocycles. The minimum absolute atomic E-state index is 0.0993. The highest BCUT2D eigenvalue weighted by molar-refractivity contribution is 6.04. The fourth-order valence-corrected chi connectivity index (χ4v) is 1.35. The highest BCUT2D eigenvalue weighted by Crippen LogP contribution is 2.14. The molecule has 0 heterocycles. The molecule has 6 nitrogen and oxygen atoms in total. The standard InChI is InChI=1S/C12H12O6/c1-3-18-11(15)7-4-5-8(10(13)14)9(6-7)12(16)17-2/h4-6H,3H2,1-2H3,(H,13,14). The molecule has 1 rings (SSSR count). The van der Waals surface area contributed by atoms with Gasteiger partial charge in [-0.25, -0.2) is 14.4 Å². The quantitative estimate of drug-likeness (QED) is 0.813. The molecule has 0 radical (unpaired) electrons. The highest BCUT2D eigenvalue weighted by atomic mass is 16.5. The number of carbonyl (C=O) groups excluding carboxylic acids is 2. The Hall–Kier alpha value is -2.37. The van der Waals surface area contributed by atoms with Gasteiger partial charge in [-0.05, 0) is 25.1 Å². The van der Waals surface area contributed by atoms with E-state index in [0.29, 0.717) is 0 Å². The SMILES string of the molecule is CCOC(=O)c1ccc(C(=O)O)c(C(=O)OC)c1. The van der Waals surface area contributed by atoms with Crippen molar-refractivity contribution in [1.82, 2.24) is 0 Å². The molecule has 0 amide bonds. The maximum atomic E-state index is 11.5. The van der Waals surface area contributed by atoms with Gasteiger partial charge in [0.2, 0.25) is 0 Å². The first-order valence-electron chi connectivity index (χ1n) is 5.14. The predicted octanol–water partition coefficient (Wildman–Crippen LogP) is 1.35. The van der Waals surface area contributed by atoms with Crippen LogP contribution in [0.2, 0.25) is 0 Å². The fourth-order valence-electron chi connectivity index (χ4n) is 1.35. The van der Waals surface area contributed by atoms with Crippen LogP contribution in [0, 0.1) is 0 Å². The van der Waals surface area contributed by atoms with Gasteiger partial charge in [0.15, 0.2) is 0 Å². The number of carbonyl (C=O) groups is 3. The van der Waals surface area contributed by atoms with Gasteiger partial charge in [0.1, 0.15) is 0 Å². The Morgan fingerprint density at radius 2 is 1.83 bits per heavy atom. The molecule has 0 aliphatic rings. The molecule has 0 bridgehead atoms. The zero-order valence-corrected chi connectivity index (χ0v) is 9.93. The van der Waals surface area contributed by atoms with Crippen LogP contribution in [0.1, 0.15) is 38.0 Å². The summed E-state index contributed by atoms with van der Waals surface area (Å²) in [5.74, 6) is -2.72. The maximum absolute atomic E-state index is 11.5. The molecule has 1 N–H and O–H groups in total. The van der Waals surface area contributed by atoms with Crippen LogP contribution in [-0.4, -0.2) is 36.7 Å². The van der Waals surface area contributed by atoms with Gasteiger partial charge in [-0.3, -0.25) is 0 Å². The first-order chi connectivity index (χ1) is 8.51. The molecule has 0 aliphatic heterocycles. The van der Waals surface area contributed by atoms with Crippen molar-refractivity contribution in [2.24, 2.45) is 0 Å². The van der Waals surface area contributed by atoms with E-state index in [1.807, 2.05) is 0 Å². The molecule has 96 valence electrons. The number of hydrogen-bond acceptors (Lipinski definition) is 5. The average molecular weight is 252 g/mol. The normalized spacial score (nSPS) is 9.67. The number of rotatable bonds is 4. The van der Waals surface area contributed by atoms with Gasteiger partial charge < -0.3 is 14.6 Å². The van der Waals surface area contributed by atoms with E-state index in [4.69, 9.17) is 9.84 Å². The molecule has 18 heavy (non-hydrogen) atoms. The molecular formula is C12H12O6. The van der Waals surface area contributed by atoms with E-state index in [1.165, 1.54) is 12.1 Å². The minimum Gasteiger partial charge on any atom is -0.478 e. The lowest BCUT2D eigenvalue weighted by Crippen LogP contribution is -2.13. The Kier molecular flexibility index (Phi) is 4.42. The van der Waals surface area contributed by atoms with Gasteiger partial charge >= 0.3 is 17.9 Å². The zero-order valence-electron chi connectivity index (χ0n) is 9.93. The third-order valence-corrected chi connectivity index (χ3v) is 2.17. The van der Waals surface area contributed by atoms with Crippen LogP contribution in [-0.2, 0) is 9.47 Å². The average Bonchev–Trinajstić information content (AvgIpc) is 2.37. The number of ether oxygens (including phenoxy) is 2. The van der Waals surface area contributed by atoms with Gasteiger partial charge in [0.25, 0.3) is 0 Å². The van der Waals surface area contributed by atoms with E-state index in [9.17, 15) is 14.4 Å². The lowest BCUT2D eigenvalue weighted by molar-refractivity contribution is 0.0524. The second-order valence-corrected chi connectivity index (χ2v) is 3.28. The third-order valence-electron chi connectivity index (χ3n) is 2.17. The molecule has 0 saturated carbocycles. The number of hydrogen-bond donors (Lipinski definition) is 1. The van der Waals surface area contributed by atoms with Gasteiger partial charge in [-0.2, -0.15) is 0 Å². The van der Waals surface area contributed by atoms with Crippen molar-refractivity contribution in [2.45, 2.75) is 6.92 Å². The molecule has 0 unspecified atom stereocenters. The zero-order chi connectivity index (χ0) is 13.7. The van der Waals surface area contributed by atoms with Crippen molar-refractivity contribution in [1.29, 1.82) is 0 Å². The Bertz CT molecular complexity index is 491. The Morgan fingerprint density at radius 3 is 2.33 bits per heavy atom. The molecule has 0 saturated heterocycles. The molecule has 1 aromatic carbocycles. The van der Waals surface area contributed by atoms with Crippen molar-refractivity contribution in [2.75, 3.05) is 13.7 Å². The van der Waals surface area contributed by atoms with Crippen LogP contribution in [0.15, 0.2) is 18.2 Å². The van der Waals surface area contributed by atoms with Crippen LogP contribution in [0.4, 0.5) is 0 Å². The van der Waals surface area contributed by atoms with Crippen LogP contribution < -0.4 is 0 Å². The summed E-state index contributed by atoms with van der Waals surface area (Å²) in [4.78, 5) is 33.8. The summed E-state index contributed by atoms with van der Waals surface area (Å²) in [6.07, 6.45) is 0. The Balaban J connectivity index is 3.25. The topological polar surface area (TPSA) is 89.9 Å². The summed E-state index contributed by atoms with van der Waals surface area (Å²) < 4.78 is 9.23. The van der Waals surface area contributed by atoms with E-state index in [2.05, 4.69) is 4.74 Å². The van der Waals surface area contributed by atoms with Crippen LogP contribution >= 0.6 is 0 Å². The monoisotopic (exact) mass is 252 g/mol. The van der Waals surface area contributed by atoms with E-state index in [1.54, 1.807) is 6.92 Å². The van der Waals surface area contributed by atoms with E-state index < -0.39 is 17.9 Å². The molecule has 0 aliphatic carbocycles. The molecule has 0 spiro atoms. The highest BCUT2D eigenvalue weighted by Gasteiger charge is 2.19. The summed E-state index contributed by atoms with van der Waals surface area (Å²) >= 11 is 0. The first-order valence-corrected chi connectivity index (χ1v) is 5.14. The Morgan fingerprint density at radius 1 is 1.17 bits per heavy atom. The second-order valence-electron chi connectivity index (χ2n) is 3.28. The van der Waals surface area contributed by atoms with Crippen LogP contribution in [0.25, 0.3) is 0 Å². The number of carboxylic acids is 1. The second kappa shape index (κ2) is 5.81. The maximum Gasteiger partial charge on any atom is 0.338 e. The summed E-state index contributed by atoms with van der Waals surface area (Å²) in [5.41, 5.74) is -0.312. The molecule has 1 aromatic rings. The molecule has 0 fully saturated rings. The van der Waals surface area contributed by atoms with Crippen LogP contribution in [0.5, 0.6) is 0 Å². The number of benzene rings is 1. The lowest BCUT2D eigenvalue weighted by Gasteiger charge is -2.07. The first kappa shape index (κ1) is 13.7. The largest absolute Gasteiger partial charge is 0.478 e. The van der Waals surface area contributed by atoms with Gasteiger partial charge in [-0.15, -0.1) is 0 Å². The smallest absolute Gasteiger partial charge is 0.338 e. The van der Waals surface area contributed by atoms with E-state index in [0.717, 1.165) is 13.2 Å². The van der Waals surface area contributed by atoms with Gasteiger partial charge in [-0.1, -0.05) is 0 Å². The van der Waals surface area contributed by atoms with Crippen molar-refractivity contribution >= 4 is 17.9 Å². The molecule has 0 atom stereocenters. The van der Waals surface area contributed by atoms with E-state index in [-0.39, 0.29) is 23.3 Å². The van der Waals surface area contributed by atoms with Crippen molar-refractivity contribution in [3.63, 3.8) is 0 Å². The van der Waals surface area contributed by atoms with Crippen molar-refractivity contribution in [3.8, 4) is 0 Å². The number of carboxylic acid groups (broad SMARTS) is 1. The third kappa shape index (κ3) is 2.85. The predicted molar refractivity (Wildman–Crippen MR) is 60.7 cm³/mol. The lowest BCUT2D eigenvalue weighted by atomic mass is 10.0. The summed E-state index contributed by atoms with van der Waals surface area (Å²) in [6.45, 7) is 1.83. The van der Waals surface area contributed by atoms with Crippen LogP contribution in [0.3, 0.4) is 0 Å². The van der Waals surface area contributed by atoms with Crippen molar-refractivity contribution in [3.05, 3.63) is 34.9 Å². The number of methoxy groups -OCH3 is 1. The summed E-state index contributed by atoms with van der Waals surface area (Å²) in [7, 11) is 1.13. The van der Waals surface area contributed by atoms with Gasteiger partial charge in [0, 0.05) is 0 Å². The van der Waals surface area contributed by atoms with Crippen molar-refractivity contribution < 1.29 is 29.0 Å². The summed E-state index contributed by atoms with van der Waals surface area (Å²) in [5, 5.41) is 8.92. The fraction of sp³-hybridized carbons (Fsp3) is 0.250. The molecular weight excluding hydrogens is 240 g/mol. The van der Waals surface area contributed by atoms with E-state index >= 15 is 0 Å². The number of aromatic carboxylic acids is 1. The summed E-state index contributed by atoms with van der Waals surface area (Å²) in [6, 6.07) is 3.60. The number of esters is 2.